The average Bonchev–Trinajstić information content (AvgIpc) is 3.08. The second kappa shape index (κ2) is 7.84. The first-order valence-electron chi connectivity index (χ1n) is 7.91. The zero-order valence-corrected chi connectivity index (χ0v) is 16.2. The van der Waals surface area contributed by atoms with Gasteiger partial charge in [0, 0.05) is 12.7 Å². The van der Waals surface area contributed by atoms with Crippen molar-refractivity contribution in [3.63, 3.8) is 0 Å². The molecule has 6 nitrogen and oxygen atoms in total. The third-order valence-corrected chi connectivity index (χ3v) is 5.62. The predicted octanol–water partition coefficient (Wildman–Crippen LogP) is 4.01. The number of rotatable bonds is 5. The van der Waals surface area contributed by atoms with Crippen LogP contribution in [-0.2, 0) is 11.8 Å². The number of fused-ring (bicyclic) bond motifs is 1. The minimum atomic E-state index is -4.78. The Morgan fingerprint density at radius 2 is 1.96 bits per heavy atom. The van der Waals surface area contributed by atoms with Crippen molar-refractivity contribution < 1.29 is 22.7 Å². The molecule has 0 aliphatic carbocycles. The van der Waals surface area contributed by atoms with Crippen LogP contribution in [0.4, 0.5) is 18.9 Å². The van der Waals surface area contributed by atoms with Crippen molar-refractivity contribution in [2.45, 2.75) is 23.7 Å². The second-order valence-electron chi connectivity index (χ2n) is 5.72. The highest BCUT2D eigenvalue weighted by Crippen LogP contribution is 2.26. The van der Waals surface area contributed by atoms with Gasteiger partial charge in [0.15, 0.2) is 5.16 Å². The Labute approximate surface area is 165 Å². The van der Waals surface area contributed by atoms with Crippen molar-refractivity contribution in [3.8, 4) is 5.75 Å². The Morgan fingerprint density at radius 1 is 1.29 bits per heavy atom. The van der Waals surface area contributed by atoms with E-state index in [9.17, 15) is 22.8 Å². The Hall–Kier alpha value is -2.53. The summed E-state index contributed by atoms with van der Waals surface area (Å²) >= 11 is 2.45. The summed E-state index contributed by atoms with van der Waals surface area (Å²) in [7, 11) is 1.58. The van der Waals surface area contributed by atoms with E-state index in [0.29, 0.717) is 21.1 Å². The smallest absolute Gasteiger partial charge is 0.406 e. The van der Waals surface area contributed by atoms with Gasteiger partial charge in [0.2, 0.25) is 5.91 Å². The molecule has 1 atom stereocenters. The average molecular weight is 429 g/mol. The zero-order valence-electron chi connectivity index (χ0n) is 14.6. The van der Waals surface area contributed by atoms with E-state index in [-0.39, 0.29) is 17.2 Å². The van der Waals surface area contributed by atoms with Crippen LogP contribution in [0, 0.1) is 0 Å². The molecule has 0 saturated heterocycles. The maximum absolute atomic E-state index is 12.4. The number of benzene rings is 1. The minimum absolute atomic E-state index is 0.193. The van der Waals surface area contributed by atoms with Crippen molar-refractivity contribution >= 4 is 44.9 Å². The molecule has 0 aliphatic rings. The van der Waals surface area contributed by atoms with Gasteiger partial charge in [-0.1, -0.05) is 11.8 Å². The number of halogens is 3. The van der Waals surface area contributed by atoms with Gasteiger partial charge in [0.1, 0.15) is 10.6 Å². The van der Waals surface area contributed by atoms with Gasteiger partial charge < -0.3 is 10.1 Å². The Kier molecular flexibility index (Phi) is 5.66. The standard InChI is InChI=1S/C17H14F3N3O3S2/c1-9(28-16-22-14-12(7-8-27-14)15(25)23(16)2)13(24)21-10-3-5-11(6-4-10)26-17(18,19)20/h3-9H,1-2H3,(H,21,24). The van der Waals surface area contributed by atoms with Crippen molar-refractivity contribution in [2.75, 3.05) is 5.32 Å². The zero-order chi connectivity index (χ0) is 20.5. The number of nitrogens with one attached hydrogen (secondary N) is 1. The van der Waals surface area contributed by atoms with Crippen LogP contribution >= 0.6 is 23.1 Å². The van der Waals surface area contributed by atoms with Crippen LogP contribution in [0.25, 0.3) is 10.2 Å². The van der Waals surface area contributed by atoms with Gasteiger partial charge in [-0.05, 0) is 42.6 Å². The van der Waals surface area contributed by atoms with Gasteiger partial charge in [0.25, 0.3) is 5.56 Å². The number of anilines is 1. The summed E-state index contributed by atoms with van der Waals surface area (Å²) in [5, 5.41) is 4.71. The molecule has 1 amide bonds. The maximum atomic E-state index is 12.4. The molecule has 1 aromatic carbocycles. The number of aromatic nitrogens is 2. The first-order valence-corrected chi connectivity index (χ1v) is 9.67. The third-order valence-electron chi connectivity index (χ3n) is 3.67. The van der Waals surface area contributed by atoms with E-state index in [1.807, 2.05) is 0 Å². The highest BCUT2D eigenvalue weighted by atomic mass is 32.2. The maximum Gasteiger partial charge on any atom is 0.573 e. The lowest BCUT2D eigenvalue weighted by Crippen LogP contribution is -2.25. The molecule has 148 valence electrons. The van der Waals surface area contributed by atoms with Gasteiger partial charge in [-0.15, -0.1) is 24.5 Å². The van der Waals surface area contributed by atoms with Crippen LogP contribution in [0.1, 0.15) is 6.92 Å². The van der Waals surface area contributed by atoms with E-state index in [1.165, 1.54) is 28.0 Å². The van der Waals surface area contributed by atoms with Crippen LogP contribution in [0.15, 0.2) is 45.7 Å². The number of nitrogens with zero attached hydrogens (tertiary/aromatic N) is 2. The summed E-state index contributed by atoms with van der Waals surface area (Å²) in [4.78, 5) is 29.7. The molecule has 0 saturated carbocycles. The summed E-state index contributed by atoms with van der Waals surface area (Å²) in [6.07, 6.45) is -4.78. The number of ether oxygens (including phenoxy) is 1. The Bertz CT molecular complexity index is 1060. The van der Waals surface area contributed by atoms with Crippen LogP contribution < -0.4 is 15.6 Å². The summed E-state index contributed by atoms with van der Waals surface area (Å²) in [5.74, 6) is -0.758. The number of carbonyl (C=O) groups excluding carboxylic acids is 1. The molecule has 0 aliphatic heterocycles. The third kappa shape index (κ3) is 4.65. The highest BCUT2D eigenvalue weighted by Gasteiger charge is 2.31. The van der Waals surface area contributed by atoms with Crippen LogP contribution in [-0.4, -0.2) is 27.1 Å². The predicted molar refractivity (Wildman–Crippen MR) is 102 cm³/mol. The highest BCUT2D eigenvalue weighted by molar-refractivity contribution is 8.00. The molecular weight excluding hydrogens is 415 g/mol. The van der Waals surface area contributed by atoms with Crippen LogP contribution in [0.3, 0.4) is 0 Å². The van der Waals surface area contributed by atoms with E-state index in [2.05, 4.69) is 15.0 Å². The molecule has 0 radical (unpaired) electrons. The van der Waals surface area contributed by atoms with Crippen LogP contribution in [0.5, 0.6) is 5.75 Å². The first-order chi connectivity index (χ1) is 13.1. The largest absolute Gasteiger partial charge is 0.573 e. The molecule has 2 aromatic heterocycles. The van der Waals surface area contributed by atoms with Crippen molar-refractivity contribution in [1.82, 2.24) is 9.55 Å². The van der Waals surface area contributed by atoms with Crippen molar-refractivity contribution in [1.29, 1.82) is 0 Å². The van der Waals surface area contributed by atoms with Crippen molar-refractivity contribution in [3.05, 3.63) is 46.1 Å². The lowest BCUT2D eigenvalue weighted by molar-refractivity contribution is -0.274. The fourth-order valence-corrected chi connectivity index (χ4v) is 3.96. The monoisotopic (exact) mass is 429 g/mol. The number of hydrogen-bond acceptors (Lipinski definition) is 6. The molecule has 3 aromatic rings. The van der Waals surface area contributed by atoms with E-state index in [1.54, 1.807) is 25.4 Å². The molecule has 0 bridgehead atoms. The second-order valence-corrected chi connectivity index (χ2v) is 7.92. The van der Waals surface area contributed by atoms with E-state index in [4.69, 9.17) is 0 Å². The van der Waals surface area contributed by atoms with Gasteiger partial charge in [-0.2, -0.15) is 0 Å². The molecule has 1 unspecified atom stereocenters. The number of alkyl halides is 3. The molecule has 1 N–H and O–H groups in total. The summed E-state index contributed by atoms with van der Waals surface area (Å²) in [6, 6.07) is 6.53. The minimum Gasteiger partial charge on any atom is -0.406 e. The molecular formula is C17H14F3N3O3S2. The lowest BCUT2D eigenvalue weighted by atomic mass is 10.3. The number of thioether (sulfide) groups is 1. The number of amides is 1. The quantitative estimate of drug-likeness (QED) is 0.490. The number of carbonyl (C=O) groups is 1. The molecule has 0 spiro atoms. The first kappa shape index (κ1) is 20.2. The lowest BCUT2D eigenvalue weighted by Gasteiger charge is -2.14. The van der Waals surface area contributed by atoms with E-state index in [0.717, 1.165) is 23.9 Å². The molecule has 28 heavy (non-hydrogen) atoms. The van der Waals surface area contributed by atoms with Crippen molar-refractivity contribution in [2.24, 2.45) is 7.05 Å². The summed E-state index contributed by atoms with van der Waals surface area (Å²) in [5.41, 5.74) is 0.129. The van der Waals surface area contributed by atoms with Gasteiger partial charge >= 0.3 is 6.36 Å². The van der Waals surface area contributed by atoms with E-state index < -0.39 is 11.6 Å². The summed E-state index contributed by atoms with van der Waals surface area (Å²) < 4.78 is 41.7. The Balaban J connectivity index is 1.68. The fraction of sp³-hybridized carbons (Fsp3) is 0.235. The number of thiophene rings is 1. The van der Waals surface area contributed by atoms with Crippen LogP contribution in [0.2, 0.25) is 0 Å². The summed E-state index contributed by atoms with van der Waals surface area (Å²) in [6.45, 7) is 1.64. The normalized spacial score (nSPS) is 12.8. The molecule has 2 heterocycles. The molecule has 0 fully saturated rings. The molecule has 11 heteroatoms. The van der Waals surface area contributed by atoms with E-state index >= 15 is 0 Å². The van der Waals surface area contributed by atoms with Gasteiger partial charge in [0.05, 0.1) is 10.6 Å². The number of hydrogen-bond donors (Lipinski definition) is 1. The fourth-order valence-electron chi connectivity index (χ4n) is 2.28. The van der Waals surface area contributed by atoms with Gasteiger partial charge in [-0.3, -0.25) is 14.2 Å². The van der Waals surface area contributed by atoms with Gasteiger partial charge in [-0.25, -0.2) is 4.98 Å². The Morgan fingerprint density at radius 3 is 2.61 bits per heavy atom. The molecule has 3 rings (SSSR count). The topological polar surface area (TPSA) is 73.2 Å². The SMILES string of the molecule is CC(Sc1nc2sccc2c(=O)n1C)C(=O)Nc1ccc(OC(F)(F)F)cc1.